The quantitative estimate of drug-likeness (QED) is 0.00513. The summed E-state index contributed by atoms with van der Waals surface area (Å²) in [5, 5.41) is 110. The number of phosphoric ester groups is 1. The molecule has 1 saturated carbocycles. The number of aliphatic hydroxyl groups is 10. The summed E-state index contributed by atoms with van der Waals surface area (Å²) in [5.41, 5.74) is 0. The number of rotatable bonds is 58. The molecule has 3 rings (SSSR count). The van der Waals surface area contributed by atoms with Crippen molar-refractivity contribution in [1.82, 2.24) is 0 Å². The van der Waals surface area contributed by atoms with Gasteiger partial charge in [-0.2, -0.15) is 0 Å². The largest absolute Gasteiger partial charge is 0.472 e. The van der Waals surface area contributed by atoms with Crippen LogP contribution in [0.1, 0.15) is 278 Å². The van der Waals surface area contributed by atoms with Gasteiger partial charge in [-0.25, -0.2) is 9.36 Å². The first-order chi connectivity index (χ1) is 47.3. The number of unbranched alkanes of at least 4 members (excludes halogenated alkanes) is 34. The highest BCUT2D eigenvalue weighted by Gasteiger charge is 2.58. The van der Waals surface area contributed by atoms with Gasteiger partial charge in [0.2, 0.25) is 0 Å². The van der Waals surface area contributed by atoms with Crippen molar-refractivity contribution in [2.24, 2.45) is 0 Å². The van der Waals surface area contributed by atoms with Gasteiger partial charge in [-0.05, 0) is 51.4 Å². The molecule has 1 aliphatic carbocycles. The molecule has 18 unspecified atom stereocenters. The maximum Gasteiger partial charge on any atom is 0.472 e. The first kappa shape index (κ1) is 89.4. The number of allylic oxidation sites excluding steroid dienone is 5. The van der Waals surface area contributed by atoms with Crippen LogP contribution in [0, 0.1) is 0 Å². The molecule has 2 heterocycles. The monoisotopic (exact) mass is 1420 g/mol. The molecule has 0 aromatic heterocycles. The molecule has 18 atom stereocenters. The SMILES string of the molecule is CCCCCC/C=C\CCCCCCCCCC(=O)OCC(COP(=O)(O)OC1C(OC2OC(CO)C(O)C(O)C2O)C(O)C(O)C(O)C1OC1OC(COC(=O)/C=C/C=C/CCCCCCCCCCCCC)C(O)C(O)C1O)OC(=O)CCCCCCCCCCCCCCC. The van der Waals surface area contributed by atoms with Crippen molar-refractivity contribution in [3.63, 3.8) is 0 Å². The summed E-state index contributed by atoms with van der Waals surface area (Å²) in [7, 11) is -5.70. The first-order valence-corrected chi connectivity index (χ1v) is 39.3. The zero-order chi connectivity index (χ0) is 71.8. The van der Waals surface area contributed by atoms with Gasteiger partial charge in [0.05, 0.1) is 13.2 Å². The minimum Gasteiger partial charge on any atom is -0.462 e. The van der Waals surface area contributed by atoms with Crippen molar-refractivity contribution in [1.29, 1.82) is 0 Å². The Kier molecular flexibility index (Phi) is 50.0. The summed E-state index contributed by atoms with van der Waals surface area (Å²) < 4.78 is 64.8. The number of esters is 3. The Morgan fingerprint density at radius 1 is 0.418 bits per heavy atom. The minimum atomic E-state index is -5.70. The van der Waals surface area contributed by atoms with Gasteiger partial charge in [0.25, 0.3) is 0 Å². The second-order valence-electron chi connectivity index (χ2n) is 27.1. The van der Waals surface area contributed by atoms with Gasteiger partial charge in [-0.1, -0.05) is 244 Å². The van der Waals surface area contributed by atoms with E-state index in [1.165, 1.54) is 128 Å². The molecule has 3 fully saturated rings. The van der Waals surface area contributed by atoms with Crippen LogP contribution < -0.4 is 0 Å². The molecule has 572 valence electrons. The maximum absolute atomic E-state index is 14.3. The lowest BCUT2D eigenvalue weighted by Gasteiger charge is -2.49. The number of ether oxygens (including phenoxy) is 7. The van der Waals surface area contributed by atoms with E-state index < -0.39 is 156 Å². The summed E-state index contributed by atoms with van der Waals surface area (Å²) >= 11 is 0. The van der Waals surface area contributed by atoms with Crippen LogP contribution in [0.2, 0.25) is 0 Å². The van der Waals surface area contributed by atoms with Crippen molar-refractivity contribution in [3.05, 3.63) is 36.5 Å². The molecule has 2 saturated heterocycles. The molecule has 0 bridgehead atoms. The van der Waals surface area contributed by atoms with Crippen LogP contribution >= 0.6 is 7.82 Å². The van der Waals surface area contributed by atoms with E-state index in [0.717, 1.165) is 115 Å². The lowest BCUT2D eigenvalue weighted by molar-refractivity contribution is -0.360. The second kappa shape index (κ2) is 54.8. The fourth-order valence-electron chi connectivity index (χ4n) is 12.3. The molecule has 2 aliphatic heterocycles. The third kappa shape index (κ3) is 37.6. The normalized spacial score (nSPS) is 27.8. The third-order valence-electron chi connectivity index (χ3n) is 18.5. The van der Waals surface area contributed by atoms with Gasteiger partial charge in [0.15, 0.2) is 18.7 Å². The van der Waals surface area contributed by atoms with Crippen molar-refractivity contribution in [3.8, 4) is 0 Å². The molecule has 0 amide bonds. The van der Waals surface area contributed by atoms with Crippen molar-refractivity contribution in [2.75, 3.05) is 26.4 Å². The predicted molar refractivity (Wildman–Crippen MR) is 370 cm³/mol. The minimum absolute atomic E-state index is 0.0383. The van der Waals surface area contributed by atoms with E-state index >= 15 is 0 Å². The maximum atomic E-state index is 14.3. The van der Waals surface area contributed by atoms with E-state index in [9.17, 15) is 74.9 Å². The van der Waals surface area contributed by atoms with Gasteiger partial charge >= 0.3 is 25.7 Å². The zero-order valence-corrected chi connectivity index (χ0v) is 60.5. The van der Waals surface area contributed by atoms with Crippen molar-refractivity contribution < 1.29 is 117 Å². The smallest absolute Gasteiger partial charge is 0.462 e. The van der Waals surface area contributed by atoms with Crippen LogP contribution in [0.5, 0.6) is 0 Å². The lowest BCUT2D eigenvalue weighted by atomic mass is 9.84. The van der Waals surface area contributed by atoms with E-state index in [4.69, 9.17) is 42.2 Å². The third-order valence-corrected chi connectivity index (χ3v) is 19.5. The molecule has 24 nitrogen and oxygen atoms in total. The van der Waals surface area contributed by atoms with E-state index in [1.54, 1.807) is 6.08 Å². The molecule has 25 heteroatoms. The summed E-state index contributed by atoms with van der Waals surface area (Å²) in [6, 6.07) is 0. The fraction of sp³-hybridized carbons (Fsp3) is 0.877. The van der Waals surface area contributed by atoms with Crippen LogP contribution in [0.15, 0.2) is 36.5 Å². The molecular formula is C73H131O24P. The molecule has 11 N–H and O–H groups in total. The molecule has 0 aromatic carbocycles. The highest BCUT2D eigenvalue weighted by Crippen LogP contribution is 2.49. The first-order valence-electron chi connectivity index (χ1n) is 37.8. The number of aliphatic hydroxyl groups excluding tert-OH is 10. The Hall–Kier alpha value is -2.82. The molecule has 0 radical (unpaired) electrons. The summed E-state index contributed by atoms with van der Waals surface area (Å²) in [5.74, 6) is -2.23. The molecule has 3 aliphatic rings. The Morgan fingerprint density at radius 3 is 1.24 bits per heavy atom. The summed E-state index contributed by atoms with van der Waals surface area (Å²) in [6.45, 7) is 3.34. The van der Waals surface area contributed by atoms with E-state index in [1.807, 2.05) is 6.08 Å². The number of carbonyl (C=O) groups is 3. The highest BCUT2D eigenvalue weighted by atomic mass is 31.2. The summed E-state index contributed by atoms with van der Waals surface area (Å²) in [6.07, 6.45) is 17.0. The number of carbonyl (C=O) groups excluding carboxylic acids is 3. The predicted octanol–water partition coefficient (Wildman–Crippen LogP) is 10.3. The van der Waals surface area contributed by atoms with Gasteiger partial charge in [0.1, 0.15) is 98.7 Å². The zero-order valence-electron chi connectivity index (χ0n) is 59.6. The van der Waals surface area contributed by atoms with Crippen LogP contribution in [0.25, 0.3) is 0 Å². The molecule has 0 spiro atoms. The van der Waals surface area contributed by atoms with Crippen LogP contribution in [0.3, 0.4) is 0 Å². The highest BCUT2D eigenvalue weighted by molar-refractivity contribution is 7.47. The van der Waals surface area contributed by atoms with Gasteiger partial charge < -0.3 is 89.1 Å². The number of phosphoric acid groups is 1. The fourth-order valence-corrected chi connectivity index (χ4v) is 13.3. The average molecular weight is 1420 g/mol. The second-order valence-corrected chi connectivity index (χ2v) is 28.5. The van der Waals surface area contributed by atoms with E-state index in [-0.39, 0.29) is 12.8 Å². The molecule has 98 heavy (non-hydrogen) atoms. The van der Waals surface area contributed by atoms with Crippen LogP contribution in [-0.2, 0) is 61.2 Å². The van der Waals surface area contributed by atoms with Gasteiger partial charge in [-0.3, -0.25) is 18.6 Å². The van der Waals surface area contributed by atoms with E-state index in [0.29, 0.717) is 12.8 Å². The van der Waals surface area contributed by atoms with Crippen molar-refractivity contribution >= 4 is 25.7 Å². The Labute approximate surface area is 585 Å². The average Bonchev–Trinajstić information content (AvgIpc) is 0.763. The lowest BCUT2D eigenvalue weighted by Crippen LogP contribution is -2.69. The standard InChI is InChI=1S/C73H131O24P/c1-4-7-10-13-16-19-22-25-27-30-32-35-38-41-44-47-57(75)89-51-54(92-59(77)49-46-43-40-37-34-29-24-21-18-15-12-9-6-3)52-91-98(87,88)97-71-69(95-72-67(85)62(80)60(78)55(50-74)93-72)65(83)64(82)66(84)70(71)96-73-68(86)63(81)61(79)56(94-73)53-90-58(76)48-45-42-39-36-33-31-28-26-23-20-17-14-11-8-5-2/h19,22,39,42,45,48,54-56,60-74,78-86H,4-18,20-21,23-38,40-41,43-44,46-47,49-53H2,1-3H3,(H,87,88)/b22-19-,42-39+,48-45+. The molecule has 0 aromatic rings. The van der Waals surface area contributed by atoms with Gasteiger partial charge in [0, 0.05) is 18.9 Å². The van der Waals surface area contributed by atoms with E-state index in [2.05, 4.69) is 32.9 Å². The van der Waals surface area contributed by atoms with Crippen LogP contribution in [0.4, 0.5) is 0 Å². The Balaban J connectivity index is 1.75. The number of hydrogen-bond acceptors (Lipinski definition) is 23. The Bertz CT molecular complexity index is 2170. The van der Waals surface area contributed by atoms with Crippen molar-refractivity contribution in [2.45, 2.75) is 382 Å². The van der Waals surface area contributed by atoms with Crippen LogP contribution in [-0.4, -0.2) is 204 Å². The topological polar surface area (TPSA) is 374 Å². The molecular weight excluding hydrogens is 1290 g/mol. The van der Waals surface area contributed by atoms with Gasteiger partial charge in [-0.15, -0.1) is 0 Å². The summed E-state index contributed by atoms with van der Waals surface area (Å²) in [4.78, 5) is 50.9. The number of hydrogen-bond donors (Lipinski definition) is 11. The Morgan fingerprint density at radius 2 is 0.796 bits per heavy atom.